The molecule has 1 aromatic rings. The lowest BCUT2D eigenvalue weighted by atomic mass is 10.1. The van der Waals surface area contributed by atoms with E-state index >= 15 is 0 Å². The fourth-order valence-corrected chi connectivity index (χ4v) is 3.32. The molecule has 0 spiro atoms. The van der Waals surface area contributed by atoms with Gasteiger partial charge in [-0.25, -0.2) is 0 Å². The van der Waals surface area contributed by atoms with Crippen LogP contribution in [0.1, 0.15) is 56.7 Å². The third kappa shape index (κ3) is 3.97. The monoisotopic (exact) mass is 334 g/mol. The standard InChI is InChI=1S/C18H30N4O2/c1-7-8-14-10-15(21(6)19-14)17(24)20(5)11-13-9-16(23)22(12-13)18(2,3)4/h10,13H,7-9,11-12H2,1-6H3. The van der Waals surface area contributed by atoms with Gasteiger partial charge in [-0.05, 0) is 33.3 Å². The molecule has 1 fully saturated rings. The number of likely N-dealkylation sites (tertiary alicyclic amines) is 1. The van der Waals surface area contributed by atoms with Crippen LogP contribution in [0.3, 0.4) is 0 Å². The average molecular weight is 334 g/mol. The fraction of sp³-hybridized carbons (Fsp3) is 0.722. The Morgan fingerprint density at radius 1 is 1.42 bits per heavy atom. The Labute approximate surface area is 144 Å². The van der Waals surface area contributed by atoms with E-state index in [2.05, 4.69) is 12.0 Å². The lowest BCUT2D eigenvalue weighted by molar-refractivity contribution is -0.131. The molecule has 0 aromatic carbocycles. The van der Waals surface area contributed by atoms with E-state index in [9.17, 15) is 9.59 Å². The molecule has 1 atom stereocenters. The molecule has 6 heteroatoms. The first-order valence-electron chi connectivity index (χ1n) is 8.72. The zero-order chi connectivity index (χ0) is 18.1. The molecular formula is C18H30N4O2. The van der Waals surface area contributed by atoms with Crippen LogP contribution in [0.2, 0.25) is 0 Å². The minimum absolute atomic E-state index is 0.0333. The van der Waals surface area contributed by atoms with Crippen molar-refractivity contribution in [2.45, 2.75) is 52.5 Å². The highest BCUT2D eigenvalue weighted by molar-refractivity contribution is 5.92. The Morgan fingerprint density at radius 3 is 2.62 bits per heavy atom. The highest BCUT2D eigenvalue weighted by Crippen LogP contribution is 2.26. The quantitative estimate of drug-likeness (QED) is 0.828. The zero-order valence-corrected chi connectivity index (χ0v) is 15.8. The van der Waals surface area contributed by atoms with Crippen LogP contribution in [-0.4, -0.2) is 57.1 Å². The van der Waals surface area contributed by atoms with Crippen LogP contribution in [0.15, 0.2) is 6.07 Å². The molecule has 1 unspecified atom stereocenters. The van der Waals surface area contributed by atoms with E-state index in [1.54, 1.807) is 23.7 Å². The third-order valence-electron chi connectivity index (χ3n) is 4.55. The van der Waals surface area contributed by atoms with Gasteiger partial charge in [0.1, 0.15) is 5.69 Å². The minimum atomic E-state index is -0.161. The predicted molar refractivity (Wildman–Crippen MR) is 93.7 cm³/mol. The third-order valence-corrected chi connectivity index (χ3v) is 4.55. The maximum atomic E-state index is 12.7. The number of carbonyl (C=O) groups excluding carboxylic acids is 2. The fourth-order valence-electron chi connectivity index (χ4n) is 3.32. The first kappa shape index (κ1) is 18.5. The molecule has 2 amide bonds. The van der Waals surface area contributed by atoms with Gasteiger partial charge in [-0.2, -0.15) is 5.10 Å². The van der Waals surface area contributed by atoms with Crippen molar-refractivity contribution in [3.05, 3.63) is 17.5 Å². The number of hydrogen-bond acceptors (Lipinski definition) is 3. The number of carbonyl (C=O) groups is 2. The van der Waals surface area contributed by atoms with Crippen molar-refractivity contribution in [1.82, 2.24) is 19.6 Å². The second-order valence-electron chi connectivity index (χ2n) is 7.83. The Kier molecular flexibility index (Phi) is 5.35. The van der Waals surface area contributed by atoms with Crippen LogP contribution in [-0.2, 0) is 18.3 Å². The zero-order valence-electron chi connectivity index (χ0n) is 15.8. The van der Waals surface area contributed by atoms with Gasteiger partial charge >= 0.3 is 0 Å². The van der Waals surface area contributed by atoms with Crippen LogP contribution < -0.4 is 0 Å². The summed E-state index contributed by atoms with van der Waals surface area (Å²) in [7, 11) is 3.61. The van der Waals surface area contributed by atoms with Crippen molar-refractivity contribution < 1.29 is 9.59 Å². The first-order chi connectivity index (χ1) is 11.1. The molecule has 1 aromatic heterocycles. The van der Waals surface area contributed by atoms with E-state index < -0.39 is 0 Å². The second-order valence-corrected chi connectivity index (χ2v) is 7.83. The van der Waals surface area contributed by atoms with Gasteiger partial charge in [-0.1, -0.05) is 13.3 Å². The van der Waals surface area contributed by atoms with Gasteiger partial charge in [-0.15, -0.1) is 0 Å². The molecule has 0 radical (unpaired) electrons. The van der Waals surface area contributed by atoms with Crippen LogP contribution in [0.25, 0.3) is 0 Å². The summed E-state index contributed by atoms with van der Waals surface area (Å²) in [5, 5.41) is 4.40. The molecule has 1 aliphatic rings. The Hall–Kier alpha value is -1.85. The van der Waals surface area contributed by atoms with E-state index in [0.29, 0.717) is 25.2 Å². The normalized spacial score (nSPS) is 18.3. The summed E-state index contributed by atoms with van der Waals surface area (Å²) in [4.78, 5) is 28.5. The summed E-state index contributed by atoms with van der Waals surface area (Å²) in [6, 6.07) is 1.88. The maximum Gasteiger partial charge on any atom is 0.271 e. The van der Waals surface area contributed by atoms with Crippen LogP contribution in [0.4, 0.5) is 0 Å². The number of aromatic nitrogens is 2. The van der Waals surface area contributed by atoms with Gasteiger partial charge < -0.3 is 9.80 Å². The van der Waals surface area contributed by atoms with Crippen molar-refractivity contribution in [1.29, 1.82) is 0 Å². The molecule has 1 saturated heterocycles. The number of nitrogens with zero attached hydrogens (tertiary/aromatic N) is 4. The van der Waals surface area contributed by atoms with Gasteiger partial charge in [-0.3, -0.25) is 14.3 Å². The van der Waals surface area contributed by atoms with Gasteiger partial charge in [0.25, 0.3) is 5.91 Å². The molecule has 0 saturated carbocycles. The molecule has 2 rings (SSSR count). The van der Waals surface area contributed by atoms with E-state index in [-0.39, 0.29) is 23.3 Å². The summed E-state index contributed by atoms with van der Waals surface area (Å²) in [6.07, 6.45) is 2.40. The van der Waals surface area contributed by atoms with Crippen LogP contribution in [0, 0.1) is 5.92 Å². The van der Waals surface area contributed by atoms with Crippen molar-refractivity contribution in [3.8, 4) is 0 Å². The molecule has 6 nitrogen and oxygen atoms in total. The molecule has 0 bridgehead atoms. The number of hydrogen-bond donors (Lipinski definition) is 0. The van der Waals surface area contributed by atoms with E-state index in [1.165, 1.54) is 0 Å². The summed E-state index contributed by atoms with van der Waals surface area (Å²) < 4.78 is 1.66. The highest BCUT2D eigenvalue weighted by atomic mass is 16.2. The lowest BCUT2D eigenvalue weighted by Gasteiger charge is -2.32. The number of rotatable bonds is 5. The van der Waals surface area contributed by atoms with E-state index in [4.69, 9.17) is 0 Å². The summed E-state index contributed by atoms with van der Waals surface area (Å²) in [5.74, 6) is 0.335. The SMILES string of the molecule is CCCc1cc(C(=O)N(C)CC2CC(=O)N(C(C)(C)C)C2)n(C)n1. The largest absolute Gasteiger partial charge is 0.340 e. The molecule has 0 aliphatic carbocycles. The molecule has 2 heterocycles. The van der Waals surface area contributed by atoms with Gasteiger partial charge in [0.05, 0.1) is 5.69 Å². The lowest BCUT2D eigenvalue weighted by Crippen LogP contribution is -2.43. The summed E-state index contributed by atoms with van der Waals surface area (Å²) in [5.41, 5.74) is 1.40. The summed E-state index contributed by atoms with van der Waals surface area (Å²) in [6.45, 7) is 9.55. The molecular weight excluding hydrogens is 304 g/mol. The minimum Gasteiger partial charge on any atom is -0.340 e. The van der Waals surface area contributed by atoms with Crippen molar-refractivity contribution in [2.24, 2.45) is 13.0 Å². The second kappa shape index (κ2) is 6.95. The van der Waals surface area contributed by atoms with Gasteiger partial charge in [0, 0.05) is 45.1 Å². The van der Waals surface area contributed by atoms with Gasteiger partial charge in [0.2, 0.25) is 5.91 Å². The van der Waals surface area contributed by atoms with Gasteiger partial charge in [0.15, 0.2) is 0 Å². The number of aryl methyl sites for hydroxylation is 2. The molecule has 1 aliphatic heterocycles. The first-order valence-corrected chi connectivity index (χ1v) is 8.72. The predicted octanol–water partition coefficient (Wildman–Crippen LogP) is 2.09. The van der Waals surface area contributed by atoms with Crippen molar-refractivity contribution in [2.75, 3.05) is 20.1 Å². The van der Waals surface area contributed by atoms with Crippen molar-refractivity contribution >= 4 is 11.8 Å². The van der Waals surface area contributed by atoms with E-state index in [0.717, 1.165) is 18.5 Å². The summed E-state index contributed by atoms with van der Waals surface area (Å²) >= 11 is 0. The van der Waals surface area contributed by atoms with E-state index in [1.807, 2.05) is 31.7 Å². The maximum absolute atomic E-state index is 12.7. The van der Waals surface area contributed by atoms with Crippen LogP contribution in [0.5, 0.6) is 0 Å². The smallest absolute Gasteiger partial charge is 0.271 e. The molecule has 24 heavy (non-hydrogen) atoms. The highest BCUT2D eigenvalue weighted by Gasteiger charge is 2.37. The number of amides is 2. The van der Waals surface area contributed by atoms with Crippen molar-refractivity contribution in [3.63, 3.8) is 0 Å². The topological polar surface area (TPSA) is 58.4 Å². The van der Waals surface area contributed by atoms with Crippen LogP contribution >= 0.6 is 0 Å². The molecule has 0 N–H and O–H groups in total. The Balaban J connectivity index is 2.01. The Morgan fingerprint density at radius 2 is 2.08 bits per heavy atom. The Bertz CT molecular complexity index is 615. The molecule has 134 valence electrons. The average Bonchev–Trinajstić information content (AvgIpc) is 3.01.